The van der Waals surface area contributed by atoms with E-state index < -0.39 is 33.8 Å². The van der Waals surface area contributed by atoms with Crippen LogP contribution in [0.3, 0.4) is 0 Å². The normalized spacial score (nSPS) is 12.6. The second-order valence-electron chi connectivity index (χ2n) is 6.18. The SMILES string of the molecule is CSC(=NC(=O)OC(C)(C)C)NC(=O)OC(C)(C)C.O=S(=O)(O)O. The van der Waals surface area contributed by atoms with E-state index in [1.165, 1.54) is 0 Å². The fourth-order valence-electron chi connectivity index (χ4n) is 0.883. The first-order chi connectivity index (χ1) is 10.4. The lowest BCUT2D eigenvalue weighted by molar-refractivity contribution is 0.0564. The van der Waals surface area contributed by atoms with Gasteiger partial charge in [0.1, 0.15) is 11.2 Å². The van der Waals surface area contributed by atoms with Crippen LogP contribution in [0.5, 0.6) is 0 Å². The number of thioether (sulfide) groups is 1. The van der Waals surface area contributed by atoms with Gasteiger partial charge in [-0.3, -0.25) is 14.4 Å². The van der Waals surface area contributed by atoms with Gasteiger partial charge in [0.25, 0.3) is 0 Å². The molecule has 0 unspecified atom stereocenters. The Hall–Kier alpha value is -1.37. The van der Waals surface area contributed by atoms with Crippen LogP contribution in [0.1, 0.15) is 41.5 Å². The van der Waals surface area contributed by atoms with E-state index in [0.717, 1.165) is 11.8 Å². The highest BCUT2D eigenvalue weighted by Crippen LogP contribution is 2.10. The number of amides is 2. The summed E-state index contributed by atoms with van der Waals surface area (Å²) in [6, 6.07) is 0. The maximum atomic E-state index is 11.5. The molecule has 0 atom stereocenters. The average molecular weight is 388 g/mol. The van der Waals surface area contributed by atoms with Crippen molar-refractivity contribution < 1.29 is 36.6 Å². The van der Waals surface area contributed by atoms with Gasteiger partial charge in [-0.25, -0.2) is 9.59 Å². The summed E-state index contributed by atoms with van der Waals surface area (Å²) in [5, 5.41) is 2.52. The number of rotatable bonds is 0. The molecular weight excluding hydrogens is 364 g/mol. The van der Waals surface area contributed by atoms with E-state index in [1.807, 2.05) is 0 Å². The summed E-state index contributed by atoms with van der Waals surface area (Å²) in [7, 11) is -4.67. The summed E-state index contributed by atoms with van der Waals surface area (Å²) in [5.74, 6) is 0. The molecule has 0 aromatic heterocycles. The summed E-state index contributed by atoms with van der Waals surface area (Å²) in [5.41, 5.74) is -1.24. The highest BCUT2D eigenvalue weighted by atomic mass is 32.3. The van der Waals surface area contributed by atoms with Crippen molar-refractivity contribution >= 4 is 39.5 Å². The molecule has 0 radical (unpaired) electrons. The average Bonchev–Trinajstić information content (AvgIpc) is 2.19. The molecule has 0 aliphatic carbocycles. The van der Waals surface area contributed by atoms with Crippen LogP contribution < -0.4 is 5.32 Å². The van der Waals surface area contributed by atoms with Crippen molar-refractivity contribution in [3.63, 3.8) is 0 Å². The third kappa shape index (κ3) is 22.9. The summed E-state index contributed by atoms with van der Waals surface area (Å²) < 4.78 is 41.7. The summed E-state index contributed by atoms with van der Waals surface area (Å²) in [4.78, 5) is 26.7. The van der Waals surface area contributed by atoms with Gasteiger partial charge in [0.05, 0.1) is 0 Å². The van der Waals surface area contributed by atoms with Gasteiger partial charge in [-0.05, 0) is 47.8 Å². The zero-order valence-electron chi connectivity index (χ0n) is 14.6. The first-order valence-electron chi connectivity index (χ1n) is 6.48. The van der Waals surface area contributed by atoms with Crippen molar-refractivity contribution in [1.82, 2.24) is 5.32 Å². The zero-order valence-corrected chi connectivity index (χ0v) is 16.2. The van der Waals surface area contributed by atoms with Crippen molar-refractivity contribution in [2.24, 2.45) is 4.99 Å². The van der Waals surface area contributed by atoms with E-state index in [4.69, 9.17) is 27.0 Å². The van der Waals surface area contributed by atoms with E-state index in [9.17, 15) is 9.59 Å². The Morgan fingerprint density at radius 1 is 1.00 bits per heavy atom. The first-order valence-corrected chi connectivity index (χ1v) is 9.10. The quantitative estimate of drug-likeness (QED) is 0.323. The van der Waals surface area contributed by atoms with Crippen LogP contribution in [-0.4, -0.2) is 52.3 Å². The second kappa shape index (κ2) is 9.81. The van der Waals surface area contributed by atoms with E-state index in [2.05, 4.69) is 10.3 Å². The number of carbonyl (C=O) groups is 2. The molecule has 0 bridgehead atoms. The number of hydrogen-bond acceptors (Lipinski definition) is 7. The summed E-state index contributed by atoms with van der Waals surface area (Å²) in [6.45, 7) is 10.4. The third-order valence-electron chi connectivity index (χ3n) is 1.39. The van der Waals surface area contributed by atoms with E-state index in [1.54, 1.807) is 47.8 Å². The molecular formula is C12H24N2O8S2. The molecule has 142 valence electrons. The van der Waals surface area contributed by atoms with Gasteiger partial charge in [-0.15, -0.1) is 0 Å². The van der Waals surface area contributed by atoms with Crippen LogP contribution in [0.15, 0.2) is 4.99 Å². The van der Waals surface area contributed by atoms with E-state index >= 15 is 0 Å². The number of alkyl carbamates (subject to hydrolysis) is 1. The van der Waals surface area contributed by atoms with Gasteiger partial charge in [-0.2, -0.15) is 13.4 Å². The molecule has 0 aromatic rings. The molecule has 24 heavy (non-hydrogen) atoms. The molecule has 0 saturated heterocycles. The van der Waals surface area contributed by atoms with Crippen LogP contribution in [0.4, 0.5) is 9.59 Å². The Morgan fingerprint density at radius 2 is 1.38 bits per heavy atom. The zero-order chi connectivity index (χ0) is 19.8. The van der Waals surface area contributed by atoms with Gasteiger partial charge in [-0.1, -0.05) is 11.8 Å². The molecule has 0 saturated carbocycles. The molecule has 0 heterocycles. The number of carbonyl (C=O) groups excluding carboxylic acids is 2. The Morgan fingerprint density at radius 3 is 1.67 bits per heavy atom. The Kier molecular flexibility index (Phi) is 10.2. The highest BCUT2D eigenvalue weighted by molar-refractivity contribution is 8.13. The van der Waals surface area contributed by atoms with Crippen LogP contribution in [-0.2, 0) is 19.9 Å². The van der Waals surface area contributed by atoms with Crippen LogP contribution in [0.2, 0.25) is 0 Å². The molecule has 0 aromatic carbocycles. The molecule has 0 spiro atoms. The number of amidine groups is 1. The van der Waals surface area contributed by atoms with Crippen LogP contribution in [0, 0.1) is 0 Å². The minimum absolute atomic E-state index is 0.128. The topological polar surface area (TPSA) is 152 Å². The molecule has 10 nitrogen and oxygen atoms in total. The number of ether oxygens (including phenoxy) is 2. The van der Waals surface area contributed by atoms with Crippen molar-refractivity contribution in [2.45, 2.75) is 52.7 Å². The molecule has 12 heteroatoms. The van der Waals surface area contributed by atoms with Gasteiger partial charge in [0, 0.05) is 0 Å². The highest BCUT2D eigenvalue weighted by Gasteiger charge is 2.19. The lowest BCUT2D eigenvalue weighted by Crippen LogP contribution is -2.35. The lowest BCUT2D eigenvalue weighted by atomic mass is 10.2. The third-order valence-corrected chi connectivity index (χ3v) is 1.97. The fraction of sp³-hybridized carbons (Fsp3) is 0.750. The first kappa shape index (κ1) is 24.9. The largest absolute Gasteiger partial charge is 0.444 e. The smallest absolute Gasteiger partial charge is 0.436 e. The maximum Gasteiger partial charge on any atom is 0.436 e. The second-order valence-corrected chi connectivity index (χ2v) is 7.87. The van der Waals surface area contributed by atoms with Crippen molar-refractivity contribution in [3.05, 3.63) is 0 Å². The van der Waals surface area contributed by atoms with E-state index in [0.29, 0.717) is 0 Å². The molecule has 0 aliphatic heterocycles. The molecule has 0 fully saturated rings. The van der Waals surface area contributed by atoms with Crippen molar-refractivity contribution in [3.8, 4) is 0 Å². The minimum Gasteiger partial charge on any atom is -0.444 e. The molecule has 0 aliphatic rings. The lowest BCUT2D eigenvalue weighted by Gasteiger charge is -2.20. The molecule has 3 N–H and O–H groups in total. The predicted octanol–water partition coefficient (Wildman–Crippen LogP) is 2.51. The predicted molar refractivity (Wildman–Crippen MR) is 90.7 cm³/mol. The Balaban J connectivity index is 0. The number of hydrogen-bond donors (Lipinski definition) is 3. The Bertz CT molecular complexity index is 551. The van der Waals surface area contributed by atoms with E-state index in [-0.39, 0.29) is 5.17 Å². The summed E-state index contributed by atoms with van der Waals surface area (Å²) >= 11 is 1.12. The maximum absolute atomic E-state index is 11.5. The van der Waals surface area contributed by atoms with Crippen molar-refractivity contribution in [1.29, 1.82) is 0 Å². The number of nitrogens with one attached hydrogen (secondary N) is 1. The van der Waals surface area contributed by atoms with Crippen LogP contribution in [0.25, 0.3) is 0 Å². The Labute approximate surface area is 146 Å². The van der Waals surface area contributed by atoms with Crippen LogP contribution >= 0.6 is 11.8 Å². The molecule has 2 amide bonds. The van der Waals surface area contributed by atoms with Gasteiger partial charge >= 0.3 is 22.6 Å². The minimum atomic E-state index is -4.67. The summed E-state index contributed by atoms with van der Waals surface area (Å²) in [6.07, 6.45) is 0.262. The van der Waals surface area contributed by atoms with Crippen molar-refractivity contribution in [2.75, 3.05) is 6.26 Å². The fourth-order valence-corrected chi connectivity index (χ4v) is 1.23. The number of aliphatic imine (C=N–C) groups is 1. The van der Waals surface area contributed by atoms with Gasteiger partial charge < -0.3 is 9.47 Å². The number of nitrogens with zero attached hydrogens (tertiary/aromatic N) is 1. The monoisotopic (exact) mass is 388 g/mol. The van der Waals surface area contributed by atoms with Gasteiger partial charge in [0.2, 0.25) is 0 Å². The van der Waals surface area contributed by atoms with Gasteiger partial charge in [0.15, 0.2) is 5.17 Å². The molecule has 0 rings (SSSR count). The standard InChI is InChI=1S/C12H22N2O4S.H2O4S/c1-11(2,3)17-9(15)13-8(19-7)14-10(16)18-12(4,5)6;1-5(2,3)4/h1-7H3,(H,13,14,15,16);(H2,1,2,3,4).